The highest BCUT2D eigenvalue weighted by Crippen LogP contribution is 2.29. The molecule has 0 spiro atoms. The summed E-state index contributed by atoms with van der Waals surface area (Å²) in [5.41, 5.74) is 0. The van der Waals surface area contributed by atoms with E-state index in [0.717, 1.165) is 0 Å². The van der Waals surface area contributed by atoms with Gasteiger partial charge in [0.05, 0.1) is 5.92 Å². The molecule has 1 atom stereocenters. The maximum Gasteiger partial charge on any atom is 0.393 e. The lowest BCUT2D eigenvalue weighted by molar-refractivity contribution is -0.168. The van der Waals surface area contributed by atoms with Crippen molar-refractivity contribution < 1.29 is 13.2 Å². The predicted molar refractivity (Wildman–Crippen MR) is 34.3 cm³/mol. The molecule has 1 aliphatic heterocycles. The summed E-state index contributed by atoms with van der Waals surface area (Å²) in [6.45, 7) is 0.605. The Labute approximate surface area is 63.4 Å². The second-order valence-corrected chi connectivity index (χ2v) is 2.23. The van der Waals surface area contributed by atoms with Crippen LogP contribution in [0.15, 0.2) is 0 Å². The van der Waals surface area contributed by atoms with Crippen molar-refractivity contribution in [3.8, 4) is 0 Å². The second-order valence-electron chi connectivity index (χ2n) is 2.23. The van der Waals surface area contributed by atoms with Gasteiger partial charge >= 0.3 is 6.18 Å². The van der Waals surface area contributed by atoms with Crippen molar-refractivity contribution in [2.45, 2.75) is 12.6 Å². The van der Waals surface area contributed by atoms with Crippen molar-refractivity contribution in [3.05, 3.63) is 0 Å². The Bertz CT molecular complexity index is 97.6. The quantitative estimate of drug-likeness (QED) is 0.590. The molecule has 0 aromatic carbocycles. The minimum absolute atomic E-state index is 0. The molecule has 1 heterocycles. The first kappa shape index (κ1) is 10.0. The van der Waals surface area contributed by atoms with E-state index < -0.39 is 12.1 Å². The molecule has 1 saturated heterocycles. The molecule has 0 amide bonds. The average molecular weight is 176 g/mol. The molecule has 1 aliphatic rings. The van der Waals surface area contributed by atoms with E-state index in [1.807, 2.05) is 0 Å². The van der Waals surface area contributed by atoms with Crippen LogP contribution in [0.2, 0.25) is 0 Å². The van der Waals surface area contributed by atoms with E-state index in [-0.39, 0.29) is 25.4 Å². The summed E-state index contributed by atoms with van der Waals surface area (Å²) in [5, 5.41) is 2.66. The topological polar surface area (TPSA) is 12.0 Å². The van der Waals surface area contributed by atoms with Crippen molar-refractivity contribution in [2.24, 2.45) is 5.92 Å². The summed E-state index contributed by atoms with van der Waals surface area (Å²) >= 11 is 0. The Morgan fingerprint density at radius 3 is 2.10 bits per heavy atom. The molecule has 1 rings (SSSR count). The number of hydrogen-bond donors (Lipinski definition) is 1. The highest BCUT2D eigenvalue weighted by atomic mass is 35.5. The molecule has 0 aliphatic carbocycles. The highest BCUT2D eigenvalue weighted by Gasteiger charge is 2.40. The lowest BCUT2D eigenvalue weighted by Crippen LogP contribution is -2.24. The van der Waals surface area contributed by atoms with Crippen LogP contribution in [0.4, 0.5) is 13.2 Å². The fourth-order valence-electron chi connectivity index (χ4n) is 0.934. The van der Waals surface area contributed by atoms with Crippen LogP contribution < -0.4 is 5.32 Å². The van der Waals surface area contributed by atoms with Crippen LogP contribution in [0, 0.1) is 5.92 Å². The Morgan fingerprint density at radius 2 is 1.90 bits per heavy atom. The fraction of sp³-hybridized carbons (Fsp3) is 1.00. The molecule has 10 heavy (non-hydrogen) atoms. The summed E-state index contributed by atoms with van der Waals surface area (Å²) in [5.74, 6) is -1.10. The summed E-state index contributed by atoms with van der Waals surface area (Å²) in [6.07, 6.45) is -3.74. The van der Waals surface area contributed by atoms with E-state index >= 15 is 0 Å². The molecule has 1 nitrogen and oxygen atoms in total. The van der Waals surface area contributed by atoms with Crippen LogP contribution in [0.25, 0.3) is 0 Å². The minimum atomic E-state index is -3.98. The average Bonchev–Trinajstić information content (AvgIpc) is 2.08. The maximum absolute atomic E-state index is 11.7. The van der Waals surface area contributed by atoms with Crippen LogP contribution in [-0.2, 0) is 0 Å². The van der Waals surface area contributed by atoms with E-state index in [1.54, 1.807) is 0 Å². The summed E-state index contributed by atoms with van der Waals surface area (Å²) < 4.78 is 35.2. The summed E-state index contributed by atoms with van der Waals surface area (Å²) in [7, 11) is 0. The van der Waals surface area contributed by atoms with E-state index in [1.165, 1.54) is 0 Å². The molecule has 1 unspecified atom stereocenters. The smallest absolute Gasteiger partial charge is 0.316 e. The molecular formula is C5H9ClF3N. The van der Waals surface area contributed by atoms with Gasteiger partial charge in [-0.15, -0.1) is 12.4 Å². The lowest BCUT2D eigenvalue weighted by atomic mass is 10.1. The Balaban J connectivity index is 0.000000810. The van der Waals surface area contributed by atoms with Gasteiger partial charge in [-0.1, -0.05) is 0 Å². The molecule has 62 valence electrons. The predicted octanol–water partition coefficient (Wildman–Crippen LogP) is 1.58. The highest BCUT2D eigenvalue weighted by molar-refractivity contribution is 5.85. The Hall–Kier alpha value is 0.0400. The van der Waals surface area contributed by atoms with Gasteiger partial charge in [-0.3, -0.25) is 0 Å². The zero-order valence-corrected chi connectivity index (χ0v) is 6.06. The molecule has 0 aromatic heterocycles. The van der Waals surface area contributed by atoms with Crippen molar-refractivity contribution in [1.29, 1.82) is 0 Å². The van der Waals surface area contributed by atoms with E-state index in [2.05, 4.69) is 5.32 Å². The van der Waals surface area contributed by atoms with Gasteiger partial charge in [-0.25, -0.2) is 0 Å². The van der Waals surface area contributed by atoms with Crippen molar-refractivity contribution in [2.75, 3.05) is 13.1 Å². The third kappa shape index (κ3) is 2.34. The standard InChI is InChI=1S/C5H8F3N.ClH/c6-5(7,8)4-1-2-9-3-4;/h4,9H,1-3H2;1H. The monoisotopic (exact) mass is 175 g/mol. The van der Waals surface area contributed by atoms with Gasteiger partial charge in [0.25, 0.3) is 0 Å². The van der Waals surface area contributed by atoms with Gasteiger partial charge in [-0.2, -0.15) is 13.2 Å². The zero-order chi connectivity index (χ0) is 6.91. The SMILES string of the molecule is Cl.FC(F)(F)C1CCNC1. The number of halogens is 4. The third-order valence-electron chi connectivity index (χ3n) is 1.52. The van der Waals surface area contributed by atoms with Gasteiger partial charge < -0.3 is 5.32 Å². The number of hydrogen-bond acceptors (Lipinski definition) is 1. The number of alkyl halides is 3. The molecule has 0 radical (unpaired) electrons. The number of rotatable bonds is 0. The van der Waals surface area contributed by atoms with Crippen LogP contribution in [0.3, 0.4) is 0 Å². The molecule has 1 fully saturated rings. The number of nitrogens with one attached hydrogen (secondary N) is 1. The molecule has 1 N–H and O–H groups in total. The van der Waals surface area contributed by atoms with Gasteiger partial charge in [0.2, 0.25) is 0 Å². The Morgan fingerprint density at radius 1 is 1.30 bits per heavy atom. The first-order valence-electron chi connectivity index (χ1n) is 2.88. The largest absolute Gasteiger partial charge is 0.393 e. The third-order valence-corrected chi connectivity index (χ3v) is 1.52. The molecule has 0 aromatic rings. The maximum atomic E-state index is 11.7. The van der Waals surface area contributed by atoms with E-state index in [4.69, 9.17) is 0 Å². The van der Waals surface area contributed by atoms with Gasteiger partial charge in [0.1, 0.15) is 0 Å². The van der Waals surface area contributed by atoms with Crippen LogP contribution >= 0.6 is 12.4 Å². The molecule has 5 heteroatoms. The fourth-order valence-corrected chi connectivity index (χ4v) is 0.934. The molecular weight excluding hydrogens is 167 g/mol. The second kappa shape index (κ2) is 3.44. The van der Waals surface area contributed by atoms with Crippen LogP contribution in [0.1, 0.15) is 6.42 Å². The first-order valence-corrected chi connectivity index (χ1v) is 2.88. The minimum Gasteiger partial charge on any atom is -0.316 e. The van der Waals surface area contributed by atoms with Gasteiger partial charge in [0.15, 0.2) is 0 Å². The van der Waals surface area contributed by atoms with Gasteiger partial charge in [-0.05, 0) is 13.0 Å². The molecule has 0 saturated carbocycles. The summed E-state index contributed by atoms with van der Waals surface area (Å²) in [4.78, 5) is 0. The van der Waals surface area contributed by atoms with Crippen molar-refractivity contribution >= 4 is 12.4 Å². The van der Waals surface area contributed by atoms with Crippen LogP contribution in [0.5, 0.6) is 0 Å². The first-order chi connectivity index (χ1) is 4.11. The van der Waals surface area contributed by atoms with E-state index in [9.17, 15) is 13.2 Å². The molecule has 0 bridgehead atoms. The van der Waals surface area contributed by atoms with Crippen molar-refractivity contribution in [1.82, 2.24) is 5.32 Å². The normalized spacial score (nSPS) is 26.1. The van der Waals surface area contributed by atoms with Gasteiger partial charge in [0, 0.05) is 6.54 Å². The zero-order valence-electron chi connectivity index (χ0n) is 5.24. The summed E-state index contributed by atoms with van der Waals surface area (Å²) in [6, 6.07) is 0. The Kier molecular flexibility index (Phi) is 3.45. The lowest BCUT2D eigenvalue weighted by Gasteiger charge is -2.11. The van der Waals surface area contributed by atoms with E-state index in [0.29, 0.717) is 6.54 Å². The van der Waals surface area contributed by atoms with Crippen molar-refractivity contribution in [3.63, 3.8) is 0 Å². The van der Waals surface area contributed by atoms with Crippen LogP contribution in [-0.4, -0.2) is 19.3 Å².